The molecule has 2 rings (SSSR count). The van der Waals surface area contributed by atoms with Gasteiger partial charge in [0.1, 0.15) is 0 Å². The van der Waals surface area contributed by atoms with E-state index in [1.807, 2.05) is 16.8 Å². The fraction of sp³-hybridized carbons (Fsp3) is 0.500. The second kappa shape index (κ2) is 5.68. The van der Waals surface area contributed by atoms with E-state index < -0.39 is 0 Å². The van der Waals surface area contributed by atoms with Crippen LogP contribution in [0.1, 0.15) is 26.7 Å². The van der Waals surface area contributed by atoms with E-state index in [2.05, 4.69) is 34.1 Å². The second-order valence-corrected chi connectivity index (χ2v) is 4.19. The van der Waals surface area contributed by atoms with Crippen molar-refractivity contribution < 1.29 is 0 Å². The molecule has 0 aliphatic rings. The van der Waals surface area contributed by atoms with Crippen molar-refractivity contribution in [2.45, 2.75) is 26.7 Å². The molecular formula is C12H20N6. The molecule has 0 aromatic carbocycles. The van der Waals surface area contributed by atoms with Crippen LogP contribution in [0, 0.1) is 0 Å². The smallest absolute Gasteiger partial charge is 0.180 e. The summed E-state index contributed by atoms with van der Waals surface area (Å²) in [6, 6.07) is 0. The van der Waals surface area contributed by atoms with Gasteiger partial charge in [0.05, 0.1) is 6.20 Å². The fourth-order valence-electron chi connectivity index (χ4n) is 1.96. The lowest BCUT2D eigenvalue weighted by Gasteiger charge is -2.22. The van der Waals surface area contributed by atoms with Gasteiger partial charge in [-0.1, -0.05) is 13.3 Å². The lowest BCUT2D eigenvalue weighted by molar-refractivity contribution is 0.724. The van der Waals surface area contributed by atoms with Crippen LogP contribution >= 0.6 is 0 Å². The van der Waals surface area contributed by atoms with E-state index in [9.17, 15) is 0 Å². The SMILES string of the molecule is CCCCN(CC)c1nc(NN)cn2ccnc12. The summed E-state index contributed by atoms with van der Waals surface area (Å²) in [6.07, 6.45) is 7.81. The van der Waals surface area contributed by atoms with Crippen molar-refractivity contribution in [2.24, 2.45) is 5.84 Å². The molecule has 6 heteroatoms. The Kier molecular flexibility index (Phi) is 3.99. The van der Waals surface area contributed by atoms with Gasteiger partial charge in [-0.05, 0) is 13.3 Å². The maximum absolute atomic E-state index is 5.46. The van der Waals surface area contributed by atoms with Crippen molar-refractivity contribution in [1.82, 2.24) is 14.4 Å². The lowest BCUT2D eigenvalue weighted by Crippen LogP contribution is -2.26. The average molecular weight is 248 g/mol. The molecule has 3 N–H and O–H groups in total. The normalized spacial score (nSPS) is 10.8. The lowest BCUT2D eigenvalue weighted by atomic mass is 10.3. The van der Waals surface area contributed by atoms with Crippen molar-refractivity contribution in [2.75, 3.05) is 23.4 Å². The highest BCUT2D eigenvalue weighted by molar-refractivity contribution is 5.66. The Balaban J connectivity index is 2.42. The van der Waals surface area contributed by atoms with Gasteiger partial charge < -0.3 is 14.7 Å². The number of hydrogen-bond acceptors (Lipinski definition) is 5. The Morgan fingerprint density at radius 1 is 1.44 bits per heavy atom. The summed E-state index contributed by atoms with van der Waals surface area (Å²) in [6.45, 7) is 6.20. The third kappa shape index (κ3) is 2.38. The number of nitrogen functional groups attached to an aromatic ring is 1. The quantitative estimate of drug-likeness (QED) is 0.600. The van der Waals surface area contributed by atoms with Gasteiger partial charge in [0, 0.05) is 25.5 Å². The Morgan fingerprint density at radius 2 is 2.28 bits per heavy atom. The minimum Gasteiger partial charge on any atom is -0.354 e. The molecule has 0 aliphatic carbocycles. The molecule has 2 heterocycles. The first-order chi connectivity index (χ1) is 8.80. The molecule has 0 bridgehead atoms. The van der Waals surface area contributed by atoms with Crippen LogP contribution in [0.15, 0.2) is 18.6 Å². The summed E-state index contributed by atoms with van der Waals surface area (Å²) < 4.78 is 1.94. The molecule has 2 aromatic heterocycles. The number of nitrogens with zero attached hydrogens (tertiary/aromatic N) is 4. The Morgan fingerprint density at radius 3 is 2.94 bits per heavy atom. The van der Waals surface area contributed by atoms with E-state index in [-0.39, 0.29) is 0 Å². The average Bonchev–Trinajstić information content (AvgIpc) is 2.87. The van der Waals surface area contributed by atoms with Crippen molar-refractivity contribution in [1.29, 1.82) is 0 Å². The summed E-state index contributed by atoms with van der Waals surface area (Å²) in [5.74, 6) is 6.98. The molecule has 0 fully saturated rings. The number of aromatic nitrogens is 3. The zero-order chi connectivity index (χ0) is 13.0. The standard InChI is InChI=1S/C12H20N6/c1-3-5-7-17(4-2)12-11-14-6-8-18(11)9-10(15-12)16-13/h6,8-9,16H,3-5,7,13H2,1-2H3. The maximum Gasteiger partial charge on any atom is 0.180 e. The first-order valence-corrected chi connectivity index (χ1v) is 6.35. The van der Waals surface area contributed by atoms with Gasteiger partial charge >= 0.3 is 0 Å². The maximum atomic E-state index is 5.46. The van der Waals surface area contributed by atoms with Gasteiger partial charge in [-0.15, -0.1) is 0 Å². The van der Waals surface area contributed by atoms with Crippen LogP contribution in [0.3, 0.4) is 0 Å². The molecule has 98 valence electrons. The van der Waals surface area contributed by atoms with Gasteiger partial charge in [0.25, 0.3) is 0 Å². The van der Waals surface area contributed by atoms with Crippen molar-refractivity contribution in [3.8, 4) is 0 Å². The van der Waals surface area contributed by atoms with E-state index in [0.29, 0.717) is 5.82 Å². The molecule has 2 aromatic rings. The second-order valence-electron chi connectivity index (χ2n) is 4.19. The monoisotopic (exact) mass is 248 g/mol. The molecule has 0 radical (unpaired) electrons. The summed E-state index contributed by atoms with van der Waals surface area (Å²) in [7, 11) is 0. The van der Waals surface area contributed by atoms with E-state index in [4.69, 9.17) is 5.84 Å². The highest BCUT2D eigenvalue weighted by Gasteiger charge is 2.13. The number of nitrogens with two attached hydrogens (primary N) is 1. The van der Waals surface area contributed by atoms with Crippen molar-refractivity contribution in [3.63, 3.8) is 0 Å². The number of fused-ring (bicyclic) bond motifs is 1. The van der Waals surface area contributed by atoms with Gasteiger partial charge in [-0.3, -0.25) is 0 Å². The first kappa shape index (κ1) is 12.6. The largest absolute Gasteiger partial charge is 0.354 e. The molecule has 0 saturated carbocycles. The Labute approximate surface area is 107 Å². The predicted octanol–water partition coefficient (Wildman–Crippen LogP) is 1.64. The summed E-state index contributed by atoms with van der Waals surface area (Å²) in [4.78, 5) is 11.1. The molecule has 0 unspecified atom stereocenters. The number of rotatable bonds is 6. The van der Waals surface area contributed by atoms with Gasteiger partial charge in [0.15, 0.2) is 17.3 Å². The van der Waals surface area contributed by atoms with Crippen LogP contribution < -0.4 is 16.2 Å². The zero-order valence-electron chi connectivity index (χ0n) is 10.9. The van der Waals surface area contributed by atoms with Crippen LogP contribution in [0.4, 0.5) is 11.6 Å². The van der Waals surface area contributed by atoms with Crippen LogP contribution in [0.25, 0.3) is 5.65 Å². The summed E-state index contributed by atoms with van der Waals surface area (Å²) in [5, 5.41) is 0. The Hall–Kier alpha value is -1.82. The highest BCUT2D eigenvalue weighted by atomic mass is 15.3. The molecule has 0 saturated heterocycles. The van der Waals surface area contributed by atoms with E-state index in [1.165, 1.54) is 0 Å². The van der Waals surface area contributed by atoms with Crippen molar-refractivity contribution >= 4 is 17.3 Å². The molecule has 18 heavy (non-hydrogen) atoms. The van der Waals surface area contributed by atoms with E-state index in [1.54, 1.807) is 6.20 Å². The number of hydrogen-bond donors (Lipinski definition) is 2. The molecule has 0 amide bonds. The zero-order valence-corrected chi connectivity index (χ0v) is 10.9. The number of nitrogens with one attached hydrogen (secondary N) is 1. The van der Waals surface area contributed by atoms with Crippen LogP contribution in [0.5, 0.6) is 0 Å². The van der Waals surface area contributed by atoms with Crippen molar-refractivity contribution in [3.05, 3.63) is 18.6 Å². The number of hydrazine groups is 1. The molecule has 0 aliphatic heterocycles. The number of imidazole rings is 1. The van der Waals surface area contributed by atoms with Gasteiger partial charge in [-0.25, -0.2) is 15.8 Å². The minimum absolute atomic E-state index is 0.644. The number of unbranched alkanes of at least 4 members (excludes halogenated alkanes) is 1. The highest BCUT2D eigenvalue weighted by Crippen LogP contribution is 2.20. The first-order valence-electron chi connectivity index (χ1n) is 6.35. The summed E-state index contributed by atoms with van der Waals surface area (Å²) >= 11 is 0. The number of anilines is 2. The van der Waals surface area contributed by atoms with Gasteiger partial charge in [0.2, 0.25) is 0 Å². The predicted molar refractivity (Wildman–Crippen MR) is 73.6 cm³/mol. The molecular weight excluding hydrogens is 228 g/mol. The minimum atomic E-state index is 0.644. The van der Waals surface area contributed by atoms with Gasteiger partial charge in [-0.2, -0.15) is 0 Å². The van der Waals surface area contributed by atoms with E-state index >= 15 is 0 Å². The Bertz CT molecular complexity index is 506. The topological polar surface area (TPSA) is 71.5 Å². The molecule has 0 atom stereocenters. The van der Waals surface area contributed by atoms with Crippen LogP contribution in [0.2, 0.25) is 0 Å². The van der Waals surface area contributed by atoms with E-state index in [0.717, 1.165) is 37.4 Å². The summed E-state index contributed by atoms with van der Waals surface area (Å²) in [5.41, 5.74) is 3.47. The van der Waals surface area contributed by atoms with Crippen LogP contribution in [-0.4, -0.2) is 27.5 Å². The third-order valence-electron chi connectivity index (χ3n) is 2.97. The third-order valence-corrected chi connectivity index (χ3v) is 2.97. The molecule has 0 spiro atoms. The molecule has 6 nitrogen and oxygen atoms in total. The fourth-order valence-corrected chi connectivity index (χ4v) is 1.96. The van der Waals surface area contributed by atoms with Crippen LogP contribution in [-0.2, 0) is 0 Å².